The van der Waals surface area contributed by atoms with Crippen LogP contribution in [0.4, 0.5) is 0 Å². The van der Waals surface area contributed by atoms with Gasteiger partial charge in [-0.15, -0.1) is 0 Å². The molecule has 1 radical (unpaired) electrons. The van der Waals surface area contributed by atoms with Gasteiger partial charge in [0.05, 0.1) is 0 Å². The summed E-state index contributed by atoms with van der Waals surface area (Å²) in [6.07, 6.45) is 0. The predicted octanol–water partition coefficient (Wildman–Crippen LogP) is -10.0. The Morgan fingerprint density at radius 1 is 0.833 bits per heavy atom. The predicted molar refractivity (Wildman–Crippen MR) is 5.92 cm³/mol. The van der Waals surface area contributed by atoms with Gasteiger partial charge >= 0.3 is 18.6 Å². The second-order valence-electron chi connectivity index (χ2n) is 0. The van der Waals surface area contributed by atoms with Crippen molar-refractivity contribution < 1.29 is 60.9 Å². The van der Waals surface area contributed by atoms with Crippen molar-refractivity contribution in [3.05, 3.63) is 0 Å². The zero-order valence-electron chi connectivity index (χ0n) is 2.99. The standard InChI is InChI=1S/CH3O.3ClH.V/c1-2;;;;/h1H3;3*1H;/q-1;;;;+4/p-3. The summed E-state index contributed by atoms with van der Waals surface area (Å²) in [6, 6.07) is 0. The van der Waals surface area contributed by atoms with E-state index >= 15 is 0 Å². The average molecular weight is 188 g/mol. The molecule has 0 bridgehead atoms. The molecule has 5 heteroatoms. The van der Waals surface area contributed by atoms with Crippen molar-refractivity contribution in [1.29, 1.82) is 0 Å². The maximum absolute atomic E-state index is 8.25. The van der Waals surface area contributed by atoms with E-state index in [1.165, 1.54) is 0 Å². The molecule has 0 fully saturated rings. The second kappa shape index (κ2) is 94.0. The first kappa shape index (κ1) is 52.3. The van der Waals surface area contributed by atoms with E-state index in [0.29, 0.717) is 0 Å². The fraction of sp³-hybridized carbons (Fsp3) is 1.00. The first-order valence-electron chi connectivity index (χ1n) is 0.408. The molecule has 0 rings (SSSR count). The van der Waals surface area contributed by atoms with E-state index in [0.717, 1.165) is 7.11 Å². The molecule has 0 saturated carbocycles. The van der Waals surface area contributed by atoms with Gasteiger partial charge < -0.3 is 42.3 Å². The minimum absolute atomic E-state index is 0. The van der Waals surface area contributed by atoms with E-state index < -0.39 is 0 Å². The monoisotopic (exact) mass is 187 g/mol. The van der Waals surface area contributed by atoms with Crippen molar-refractivity contribution >= 4 is 0 Å². The van der Waals surface area contributed by atoms with Gasteiger partial charge in [-0.05, 0) is 0 Å². The second-order valence-corrected chi connectivity index (χ2v) is 0. The molecule has 0 spiro atoms. The Hall–Kier alpha value is 1.41. The number of hydrogen-bond donors (Lipinski definition) is 0. The van der Waals surface area contributed by atoms with Crippen LogP contribution in [0.2, 0.25) is 0 Å². The summed E-state index contributed by atoms with van der Waals surface area (Å²) in [5.74, 6) is 0. The normalized spacial score (nSPS) is 1.00. The Kier molecular flexibility index (Phi) is 820. The van der Waals surface area contributed by atoms with Crippen molar-refractivity contribution in [1.82, 2.24) is 0 Å². The van der Waals surface area contributed by atoms with Gasteiger partial charge in [-0.3, -0.25) is 0 Å². The van der Waals surface area contributed by atoms with E-state index in [9.17, 15) is 0 Å². The van der Waals surface area contributed by atoms with E-state index in [2.05, 4.69) is 0 Å². The van der Waals surface area contributed by atoms with Gasteiger partial charge in [0.25, 0.3) is 0 Å². The summed E-state index contributed by atoms with van der Waals surface area (Å²) in [4.78, 5) is 0. The van der Waals surface area contributed by atoms with E-state index in [-0.39, 0.29) is 55.8 Å². The van der Waals surface area contributed by atoms with Gasteiger partial charge in [0.15, 0.2) is 0 Å². The summed E-state index contributed by atoms with van der Waals surface area (Å²) in [5, 5.41) is 8.25. The minimum atomic E-state index is 0. The first-order valence-corrected chi connectivity index (χ1v) is 0.408. The van der Waals surface area contributed by atoms with Gasteiger partial charge in [0, 0.05) is 0 Å². The molecule has 39 valence electrons. The number of rotatable bonds is 0. The molecule has 0 unspecified atom stereocenters. The Morgan fingerprint density at radius 3 is 0.833 bits per heavy atom. The van der Waals surface area contributed by atoms with Crippen molar-refractivity contribution in [3.63, 3.8) is 0 Å². The Labute approximate surface area is 68.0 Å². The van der Waals surface area contributed by atoms with Crippen LogP contribution in [0.25, 0.3) is 0 Å². The summed E-state index contributed by atoms with van der Waals surface area (Å²) in [6.45, 7) is 0. The Bertz CT molecular complexity index is 10.8. The molecule has 6 heavy (non-hydrogen) atoms. The fourth-order valence-corrected chi connectivity index (χ4v) is 0. The molecule has 0 aromatic heterocycles. The maximum Gasteiger partial charge on any atom is 4.00 e. The molecule has 0 aliphatic rings. The van der Waals surface area contributed by atoms with Gasteiger partial charge in [-0.2, -0.15) is 7.11 Å². The molecule has 0 aliphatic heterocycles. The largest absolute Gasteiger partial charge is 4.00 e. The summed E-state index contributed by atoms with van der Waals surface area (Å²) >= 11 is 0. The van der Waals surface area contributed by atoms with Gasteiger partial charge in [-0.1, -0.05) is 0 Å². The molecule has 0 aromatic carbocycles. The van der Waals surface area contributed by atoms with Crippen LogP contribution >= 0.6 is 0 Å². The summed E-state index contributed by atoms with van der Waals surface area (Å²) in [7, 11) is 0.750. The molecule has 0 atom stereocenters. The number of hydrogen-bond acceptors (Lipinski definition) is 1. The maximum atomic E-state index is 8.25. The number of halogens is 3. The summed E-state index contributed by atoms with van der Waals surface area (Å²) < 4.78 is 0. The third-order valence-corrected chi connectivity index (χ3v) is 0. The van der Waals surface area contributed by atoms with Crippen LogP contribution in [0.5, 0.6) is 0 Å². The zero-order valence-corrected chi connectivity index (χ0v) is 6.65. The van der Waals surface area contributed by atoms with Crippen LogP contribution in [0.15, 0.2) is 0 Å². The molecular weight excluding hydrogens is 185 g/mol. The van der Waals surface area contributed by atoms with Crippen molar-refractivity contribution in [3.8, 4) is 0 Å². The van der Waals surface area contributed by atoms with Crippen LogP contribution in [0.1, 0.15) is 0 Å². The smallest absolute Gasteiger partial charge is 1.00 e. The van der Waals surface area contributed by atoms with Crippen LogP contribution < -0.4 is 42.3 Å². The molecule has 0 N–H and O–H groups in total. The first-order chi connectivity index (χ1) is 1.00. The Morgan fingerprint density at radius 2 is 0.833 bits per heavy atom. The van der Waals surface area contributed by atoms with Gasteiger partial charge in [0.1, 0.15) is 0 Å². The van der Waals surface area contributed by atoms with Crippen LogP contribution in [0, 0.1) is 0 Å². The van der Waals surface area contributed by atoms with Crippen LogP contribution in [-0.2, 0) is 18.6 Å². The molecule has 0 amide bonds. The van der Waals surface area contributed by atoms with Crippen LogP contribution in [-0.4, -0.2) is 7.11 Å². The van der Waals surface area contributed by atoms with E-state index in [1.54, 1.807) is 0 Å². The molecule has 0 aromatic rings. The minimum Gasteiger partial charge on any atom is -1.00 e. The van der Waals surface area contributed by atoms with Crippen molar-refractivity contribution in [2.75, 3.05) is 7.11 Å². The molecule has 0 saturated heterocycles. The Balaban J connectivity index is -0.000000000833. The topological polar surface area (TPSA) is 23.1 Å². The molecular formula is CH3Cl3OV. The third-order valence-electron chi connectivity index (χ3n) is 0. The van der Waals surface area contributed by atoms with Crippen LogP contribution in [0.3, 0.4) is 0 Å². The zero-order chi connectivity index (χ0) is 2.00. The molecule has 1 nitrogen and oxygen atoms in total. The third kappa shape index (κ3) is 52.7. The fourth-order valence-electron chi connectivity index (χ4n) is 0. The van der Waals surface area contributed by atoms with E-state index in [4.69, 9.17) is 5.11 Å². The molecule has 0 heterocycles. The molecule has 0 aliphatic carbocycles. The quantitative estimate of drug-likeness (QED) is 0.370. The van der Waals surface area contributed by atoms with Gasteiger partial charge in [0.2, 0.25) is 0 Å². The SMILES string of the molecule is C[O-].[Cl-].[Cl-].[Cl-].[V+4]. The van der Waals surface area contributed by atoms with E-state index in [1.807, 2.05) is 0 Å². The van der Waals surface area contributed by atoms with Crippen molar-refractivity contribution in [2.24, 2.45) is 0 Å². The summed E-state index contributed by atoms with van der Waals surface area (Å²) in [5.41, 5.74) is 0. The average Bonchev–Trinajstić information content (AvgIpc) is 1.00. The van der Waals surface area contributed by atoms with Crippen molar-refractivity contribution in [2.45, 2.75) is 0 Å². The van der Waals surface area contributed by atoms with Gasteiger partial charge in [-0.25, -0.2) is 0 Å².